The molecule has 0 fully saturated rings. The fourth-order valence-corrected chi connectivity index (χ4v) is 2.94. The Morgan fingerprint density at radius 2 is 1.42 bits per heavy atom. The zero-order valence-corrected chi connectivity index (χ0v) is 17.4. The Bertz CT molecular complexity index is 1150. The Kier molecular flexibility index (Phi) is 6.92. The van der Waals surface area contributed by atoms with Crippen LogP contribution in [0.3, 0.4) is 0 Å². The zero-order valence-electron chi connectivity index (χ0n) is 17.4. The Labute approximate surface area is 180 Å². The first kappa shape index (κ1) is 21.5. The third-order valence-electron chi connectivity index (χ3n) is 4.53. The predicted octanol–water partition coefficient (Wildman–Crippen LogP) is 5.00. The zero-order chi connectivity index (χ0) is 22.2. The SMILES string of the molecule is COc1ccc(C(=O)Oc2ccc(C=C(C#N)c3ccccc3)cc2OC)cc1OC. The van der Waals surface area contributed by atoms with Crippen molar-refractivity contribution < 1.29 is 23.7 Å². The molecule has 0 bridgehead atoms. The summed E-state index contributed by atoms with van der Waals surface area (Å²) in [5.74, 6) is 1.00. The standard InChI is InChI=1S/C25H21NO5/c1-28-21-12-10-19(15-24(21)30-3)25(27)31-22-11-9-17(14-23(22)29-2)13-20(16-26)18-7-5-4-6-8-18/h4-15H,1-3H3. The van der Waals surface area contributed by atoms with E-state index < -0.39 is 5.97 Å². The summed E-state index contributed by atoms with van der Waals surface area (Å²) in [5, 5.41) is 9.51. The van der Waals surface area contributed by atoms with Gasteiger partial charge in [-0.1, -0.05) is 36.4 Å². The molecule has 31 heavy (non-hydrogen) atoms. The number of rotatable bonds is 7. The van der Waals surface area contributed by atoms with Crippen LogP contribution in [0.1, 0.15) is 21.5 Å². The van der Waals surface area contributed by atoms with Gasteiger partial charge in [0.25, 0.3) is 0 Å². The molecule has 0 atom stereocenters. The highest BCUT2D eigenvalue weighted by Gasteiger charge is 2.15. The van der Waals surface area contributed by atoms with E-state index in [1.54, 1.807) is 42.5 Å². The maximum absolute atomic E-state index is 12.6. The van der Waals surface area contributed by atoms with E-state index in [0.29, 0.717) is 28.4 Å². The van der Waals surface area contributed by atoms with Gasteiger partial charge in [0.1, 0.15) is 0 Å². The Morgan fingerprint density at radius 1 is 0.774 bits per heavy atom. The molecule has 3 aromatic carbocycles. The van der Waals surface area contributed by atoms with Crippen LogP contribution in [0.5, 0.6) is 23.0 Å². The van der Waals surface area contributed by atoms with E-state index in [2.05, 4.69) is 6.07 Å². The lowest BCUT2D eigenvalue weighted by atomic mass is 10.0. The smallest absolute Gasteiger partial charge is 0.343 e. The Balaban J connectivity index is 1.86. The number of ether oxygens (including phenoxy) is 4. The first-order chi connectivity index (χ1) is 15.1. The van der Waals surface area contributed by atoms with Gasteiger partial charge in [0.05, 0.1) is 38.5 Å². The summed E-state index contributed by atoms with van der Waals surface area (Å²) in [6, 6.07) is 21.4. The predicted molar refractivity (Wildman–Crippen MR) is 117 cm³/mol. The molecule has 6 heteroatoms. The first-order valence-corrected chi connectivity index (χ1v) is 9.39. The maximum atomic E-state index is 12.6. The second-order valence-electron chi connectivity index (χ2n) is 6.41. The van der Waals surface area contributed by atoms with Crippen molar-refractivity contribution in [1.82, 2.24) is 0 Å². The fraction of sp³-hybridized carbons (Fsp3) is 0.120. The summed E-state index contributed by atoms with van der Waals surface area (Å²) in [5.41, 5.74) is 2.37. The van der Waals surface area contributed by atoms with Gasteiger partial charge < -0.3 is 18.9 Å². The number of carbonyl (C=O) groups is 1. The fourth-order valence-electron chi connectivity index (χ4n) is 2.94. The van der Waals surface area contributed by atoms with E-state index in [0.717, 1.165) is 11.1 Å². The van der Waals surface area contributed by atoms with E-state index in [-0.39, 0.29) is 5.75 Å². The molecule has 0 heterocycles. The summed E-state index contributed by atoms with van der Waals surface area (Å²) in [4.78, 5) is 12.6. The molecular weight excluding hydrogens is 394 g/mol. The van der Waals surface area contributed by atoms with Crippen LogP contribution in [0.15, 0.2) is 66.7 Å². The van der Waals surface area contributed by atoms with Crippen LogP contribution in [-0.2, 0) is 0 Å². The number of carbonyl (C=O) groups excluding carboxylic acids is 1. The van der Waals surface area contributed by atoms with E-state index in [4.69, 9.17) is 18.9 Å². The van der Waals surface area contributed by atoms with Crippen molar-refractivity contribution >= 4 is 17.6 Å². The number of nitriles is 1. The normalized spacial score (nSPS) is 10.7. The number of benzene rings is 3. The van der Waals surface area contributed by atoms with Gasteiger partial charge in [-0.25, -0.2) is 4.79 Å². The minimum atomic E-state index is -0.565. The number of allylic oxidation sites excluding steroid dienone is 1. The van der Waals surface area contributed by atoms with Gasteiger partial charge in [0.15, 0.2) is 23.0 Å². The van der Waals surface area contributed by atoms with E-state index in [1.165, 1.54) is 21.3 Å². The van der Waals surface area contributed by atoms with Crippen molar-refractivity contribution in [3.8, 4) is 29.1 Å². The van der Waals surface area contributed by atoms with Crippen molar-refractivity contribution in [2.45, 2.75) is 0 Å². The van der Waals surface area contributed by atoms with Crippen molar-refractivity contribution in [3.05, 3.63) is 83.4 Å². The number of esters is 1. The van der Waals surface area contributed by atoms with Gasteiger partial charge in [-0.05, 0) is 47.5 Å². The van der Waals surface area contributed by atoms with Crippen molar-refractivity contribution in [2.24, 2.45) is 0 Å². The summed E-state index contributed by atoms with van der Waals surface area (Å²) in [6.45, 7) is 0. The van der Waals surface area contributed by atoms with E-state index in [9.17, 15) is 10.1 Å². The average molecular weight is 415 g/mol. The molecule has 3 aromatic rings. The molecule has 0 amide bonds. The molecule has 0 saturated heterocycles. The minimum absolute atomic E-state index is 0.262. The molecule has 6 nitrogen and oxygen atoms in total. The van der Waals surface area contributed by atoms with Crippen molar-refractivity contribution in [1.29, 1.82) is 5.26 Å². The van der Waals surface area contributed by atoms with Gasteiger partial charge in [0, 0.05) is 0 Å². The molecule has 0 spiro atoms. The van der Waals surface area contributed by atoms with Crippen LogP contribution in [0.2, 0.25) is 0 Å². The Hall–Kier alpha value is -4.24. The third kappa shape index (κ3) is 5.03. The van der Waals surface area contributed by atoms with Gasteiger partial charge in [-0.3, -0.25) is 0 Å². The van der Waals surface area contributed by atoms with Gasteiger partial charge >= 0.3 is 5.97 Å². The average Bonchev–Trinajstić information content (AvgIpc) is 2.83. The highest BCUT2D eigenvalue weighted by molar-refractivity contribution is 5.93. The molecule has 156 valence electrons. The number of nitrogens with zero attached hydrogens (tertiary/aromatic N) is 1. The molecular formula is C25H21NO5. The molecule has 0 aliphatic rings. The van der Waals surface area contributed by atoms with Crippen LogP contribution >= 0.6 is 0 Å². The lowest BCUT2D eigenvalue weighted by Gasteiger charge is -2.12. The molecule has 0 N–H and O–H groups in total. The maximum Gasteiger partial charge on any atom is 0.343 e. The molecule has 0 aliphatic carbocycles. The topological polar surface area (TPSA) is 77.8 Å². The highest BCUT2D eigenvalue weighted by Crippen LogP contribution is 2.32. The molecule has 0 aliphatic heterocycles. The minimum Gasteiger partial charge on any atom is -0.493 e. The van der Waals surface area contributed by atoms with Crippen LogP contribution in [0.4, 0.5) is 0 Å². The van der Waals surface area contributed by atoms with Gasteiger partial charge in [-0.2, -0.15) is 5.26 Å². The number of methoxy groups -OCH3 is 3. The quantitative estimate of drug-likeness (QED) is 0.234. The van der Waals surface area contributed by atoms with Crippen molar-refractivity contribution in [3.63, 3.8) is 0 Å². The van der Waals surface area contributed by atoms with Gasteiger partial charge in [0.2, 0.25) is 0 Å². The Morgan fingerprint density at radius 3 is 2.06 bits per heavy atom. The van der Waals surface area contributed by atoms with E-state index in [1.807, 2.05) is 30.3 Å². The largest absolute Gasteiger partial charge is 0.493 e. The second kappa shape index (κ2) is 9.99. The monoisotopic (exact) mass is 415 g/mol. The lowest BCUT2D eigenvalue weighted by Crippen LogP contribution is -2.09. The molecule has 0 unspecified atom stereocenters. The molecule has 0 aromatic heterocycles. The van der Waals surface area contributed by atoms with E-state index >= 15 is 0 Å². The van der Waals surface area contributed by atoms with Crippen molar-refractivity contribution in [2.75, 3.05) is 21.3 Å². The van der Waals surface area contributed by atoms with Crippen LogP contribution < -0.4 is 18.9 Å². The number of hydrogen-bond acceptors (Lipinski definition) is 6. The van der Waals surface area contributed by atoms with Crippen LogP contribution in [0, 0.1) is 11.3 Å². The molecule has 3 rings (SSSR count). The van der Waals surface area contributed by atoms with Crippen LogP contribution in [-0.4, -0.2) is 27.3 Å². The van der Waals surface area contributed by atoms with Gasteiger partial charge in [-0.15, -0.1) is 0 Å². The summed E-state index contributed by atoms with van der Waals surface area (Å²) >= 11 is 0. The summed E-state index contributed by atoms with van der Waals surface area (Å²) in [7, 11) is 4.50. The highest BCUT2D eigenvalue weighted by atomic mass is 16.6. The first-order valence-electron chi connectivity index (χ1n) is 9.39. The third-order valence-corrected chi connectivity index (χ3v) is 4.53. The van der Waals surface area contributed by atoms with Crippen LogP contribution in [0.25, 0.3) is 11.6 Å². The summed E-state index contributed by atoms with van der Waals surface area (Å²) in [6.07, 6.45) is 1.75. The molecule has 0 radical (unpaired) electrons. The molecule has 0 saturated carbocycles. The number of hydrogen-bond donors (Lipinski definition) is 0. The second-order valence-corrected chi connectivity index (χ2v) is 6.41. The lowest BCUT2D eigenvalue weighted by molar-refractivity contribution is 0.0729. The summed E-state index contributed by atoms with van der Waals surface area (Å²) < 4.78 is 21.3.